The zero-order valence-corrected chi connectivity index (χ0v) is 11.8. The van der Waals surface area contributed by atoms with Gasteiger partial charge in [0.15, 0.2) is 5.58 Å². The number of oxazole rings is 1. The summed E-state index contributed by atoms with van der Waals surface area (Å²) in [5, 5.41) is 9.05. The maximum atomic E-state index is 11.0. The number of para-hydroxylation sites is 2. The molecule has 0 radical (unpaired) electrons. The smallest absolute Gasteiger partial charge is 0.304 e. The van der Waals surface area contributed by atoms with Gasteiger partial charge in [0.05, 0.1) is 0 Å². The van der Waals surface area contributed by atoms with E-state index in [0.717, 1.165) is 16.7 Å². The second-order valence-corrected chi connectivity index (χ2v) is 4.73. The zero-order valence-electron chi connectivity index (χ0n) is 11.8. The van der Waals surface area contributed by atoms with Crippen molar-refractivity contribution in [3.05, 3.63) is 54.1 Å². The molecule has 3 rings (SSSR count). The Morgan fingerprint density at radius 2 is 1.95 bits per heavy atom. The Bertz CT molecular complexity index is 826. The molecule has 0 bridgehead atoms. The first-order valence-electron chi connectivity index (χ1n) is 6.70. The number of hydrogen-bond donors (Lipinski definition) is 0. The van der Waals surface area contributed by atoms with Crippen LogP contribution in [-0.4, -0.2) is 11.0 Å². The van der Waals surface area contributed by atoms with Crippen LogP contribution in [0.1, 0.15) is 18.6 Å². The molecule has 1 heterocycles. The van der Waals surface area contributed by atoms with Crippen LogP contribution < -0.4 is 0 Å². The molecule has 0 amide bonds. The van der Waals surface area contributed by atoms with Gasteiger partial charge in [-0.3, -0.25) is 4.79 Å². The van der Waals surface area contributed by atoms with Gasteiger partial charge in [-0.1, -0.05) is 24.3 Å². The summed E-state index contributed by atoms with van der Waals surface area (Å²) in [6, 6.07) is 16.5. The summed E-state index contributed by atoms with van der Waals surface area (Å²) in [5.41, 5.74) is 2.91. The highest BCUT2D eigenvalue weighted by atomic mass is 16.5. The summed E-state index contributed by atoms with van der Waals surface area (Å²) in [5.74, 6) is 0.0170. The number of hydrogen-bond acceptors (Lipinski definition) is 5. The maximum absolute atomic E-state index is 11.0. The Morgan fingerprint density at radius 1 is 1.23 bits per heavy atom. The number of rotatable bonds is 3. The molecule has 0 aliphatic rings. The predicted molar refractivity (Wildman–Crippen MR) is 79.6 cm³/mol. The van der Waals surface area contributed by atoms with Crippen molar-refractivity contribution in [3.8, 4) is 17.5 Å². The van der Waals surface area contributed by atoms with E-state index in [2.05, 4.69) is 4.98 Å². The third-order valence-electron chi connectivity index (χ3n) is 3.16. The van der Waals surface area contributed by atoms with Gasteiger partial charge in [0.1, 0.15) is 11.6 Å². The Hall–Kier alpha value is -3.13. The minimum atomic E-state index is -0.907. The molecule has 1 unspecified atom stereocenters. The van der Waals surface area contributed by atoms with Gasteiger partial charge in [-0.2, -0.15) is 5.26 Å². The predicted octanol–water partition coefficient (Wildman–Crippen LogP) is 3.62. The molecular formula is C17H12N2O3. The largest absolute Gasteiger partial charge is 0.442 e. The maximum Gasteiger partial charge on any atom is 0.304 e. The first-order valence-corrected chi connectivity index (χ1v) is 6.70. The third-order valence-corrected chi connectivity index (χ3v) is 3.16. The van der Waals surface area contributed by atoms with Crippen LogP contribution in [-0.2, 0) is 9.53 Å². The van der Waals surface area contributed by atoms with E-state index < -0.39 is 12.1 Å². The minimum absolute atomic E-state index is 0.491. The van der Waals surface area contributed by atoms with Gasteiger partial charge in [-0.25, -0.2) is 4.98 Å². The molecular weight excluding hydrogens is 280 g/mol. The van der Waals surface area contributed by atoms with Gasteiger partial charge in [0.25, 0.3) is 0 Å². The lowest BCUT2D eigenvalue weighted by Gasteiger charge is -2.09. The Morgan fingerprint density at radius 3 is 2.59 bits per heavy atom. The summed E-state index contributed by atoms with van der Waals surface area (Å²) in [6.45, 7) is 1.27. The van der Waals surface area contributed by atoms with Gasteiger partial charge >= 0.3 is 5.97 Å². The van der Waals surface area contributed by atoms with E-state index in [-0.39, 0.29) is 0 Å². The number of aromatic nitrogens is 1. The molecule has 1 atom stereocenters. The number of benzene rings is 2. The number of fused-ring (bicyclic) bond motifs is 1. The second kappa shape index (κ2) is 5.70. The van der Waals surface area contributed by atoms with Crippen molar-refractivity contribution in [1.82, 2.24) is 4.98 Å². The van der Waals surface area contributed by atoms with E-state index in [4.69, 9.17) is 14.4 Å². The zero-order chi connectivity index (χ0) is 15.5. The average molecular weight is 292 g/mol. The lowest BCUT2D eigenvalue weighted by molar-refractivity contribution is -0.144. The van der Waals surface area contributed by atoms with Gasteiger partial charge in [-0.15, -0.1) is 0 Å². The standard InChI is InChI=1S/C17H12N2O3/c1-11(20)21-16(10-18)12-6-8-13(9-7-12)17-19-14-4-2-3-5-15(14)22-17/h2-9,16H,1H3. The molecule has 22 heavy (non-hydrogen) atoms. The number of nitrogens with zero attached hydrogens (tertiary/aromatic N) is 2. The topological polar surface area (TPSA) is 76.1 Å². The minimum Gasteiger partial charge on any atom is -0.442 e. The lowest BCUT2D eigenvalue weighted by atomic mass is 10.1. The molecule has 0 aliphatic carbocycles. The van der Waals surface area contributed by atoms with E-state index in [1.807, 2.05) is 30.3 Å². The van der Waals surface area contributed by atoms with Gasteiger partial charge in [0, 0.05) is 18.1 Å². The summed E-state index contributed by atoms with van der Waals surface area (Å²) < 4.78 is 10.6. The van der Waals surface area contributed by atoms with Crippen LogP contribution in [0.4, 0.5) is 0 Å². The van der Waals surface area contributed by atoms with Crippen LogP contribution in [0.5, 0.6) is 0 Å². The molecule has 2 aromatic carbocycles. The van der Waals surface area contributed by atoms with Crippen LogP contribution in [0.15, 0.2) is 52.9 Å². The molecule has 0 saturated heterocycles. The third kappa shape index (κ3) is 2.67. The van der Waals surface area contributed by atoms with E-state index >= 15 is 0 Å². The monoisotopic (exact) mass is 292 g/mol. The number of carbonyl (C=O) groups excluding carboxylic acids is 1. The molecule has 0 N–H and O–H groups in total. The first kappa shape index (κ1) is 13.8. The Balaban J connectivity index is 1.90. The van der Waals surface area contributed by atoms with Gasteiger partial charge < -0.3 is 9.15 Å². The number of nitriles is 1. The highest BCUT2D eigenvalue weighted by Crippen LogP contribution is 2.26. The van der Waals surface area contributed by atoms with E-state index in [1.165, 1.54) is 6.92 Å². The molecule has 0 fully saturated rings. The normalized spacial score (nSPS) is 11.8. The fourth-order valence-corrected chi connectivity index (χ4v) is 2.13. The summed E-state index contributed by atoms with van der Waals surface area (Å²) in [6.07, 6.45) is -0.907. The Labute approximate surface area is 126 Å². The molecule has 0 spiro atoms. The number of carbonyl (C=O) groups is 1. The van der Waals surface area contributed by atoms with E-state index in [9.17, 15) is 4.79 Å². The highest BCUT2D eigenvalue weighted by molar-refractivity contribution is 5.76. The van der Waals surface area contributed by atoms with Crippen molar-refractivity contribution in [1.29, 1.82) is 5.26 Å². The fraction of sp³-hybridized carbons (Fsp3) is 0.118. The van der Waals surface area contributed by atoms with E-state index in [1.54, 1.807) is 24.3 Å². The SMILES string of the molecule is CC(=O)OC(C#N)c1ccc(-c2nc3ccccc3o2)cc1. The van der Waals surface area contributed by atoms with Crippen molar-refractivity contribution in [3.63, 3.8) is 0 Å². The van der Waals surface area contributed by atoms with Crippen molar-refractivity contribution in [2.24, 2.45) is 0 Å². The van der Waals surface area contributed by atoms with Crippen molar-refractivity contribution in [2.75, 3.05) is 0 Å². The summed E-state index contributed by atoms with van der Waals surface area (Å²) in [7, 11) is 0. The van der Waals surface area contributed by atoms with Crippen molar-refractivity contribution >= 4 is 17.1 Å². The molecule has 3 aromatic rings. The Kier molecular flexibility index (Phi) is 3.58. The lowest BCUT2D eigenvalue weighted by Crippen LogP contribution is -2.06. The quantitative estimate of drug-likeness (QED) is 0.689. The van der Waals surface area contributed by atoms with E-state index in [0.29, 0.717) is 11.5 Å². The van der Waals surface area contributed by atoms with Crippen LogP contribution in [0.25, 0.3) is 22.6 Å². The van der Waals surface area contributed by atoms with Crippen molar-refractivity contribution < 1.29 is 13.9 Å². The first-order chi connectivity index (χ1) is 10.7. The van der Waals surface area contributed by atoms with Crippen LogP contribution in [0.3, 0.4) is 0 Å². The van der Waals surface area contributed by atoms with Gasteiger partial charge in [0.2, 0.25) is 12.0 Å². The molecule has 0 saturated carbocycles. The average Bonchev–Trinajstić information content (AvgIpc) is 2.96. The molecule has 5 heteroatoms. The van der Waals surface area contributed by atoms with Crippen molar-refractivity contribution in [2.45, 2.75) is 13.0 Å². The van der Waals surface area contributed by atoms with Gasteiger partial charge in [-0.05, 0) is 24.3 Å². The number of ether oxygens (including phenoxy) is 1. The fourth-order valence-electron chi connectivity index (χ4n) is 2.13. The number of esters is 1. The highest BCUT2D eigenvalue weighted by Gasteiger charge is 2.14. The van der Waals surface area contributed by atoms with Crippen LogP contribution in [0, 0.1) is 11.3 Å². The van der Waals surface area contributed by atoms with Crippen LogP contribution in [0.2, 0.25) is 0 Å². The summed E-state index contributed by atoms with van der Waals surface area (Å²) in [4.78, 5) is 15.4. The molecule has 1 aromatic heterocycles. The second-order valence-electron chi connectivity index (χ2n) is 4.73. The van der Waals surface area contributed by atoms with Crippen LogP contribution >= 0.6 is 0 Å². The molecule has 0 aliphatic heterocycles. The molecule has 5 nitrogen and oxygen atoms in total. The molecule has 108 valence electrons. The summed E-state index contributed by atoms with van der Waals surface area (Å²) >= 11 is 0.